The Morgan fingerprint density at radius 2 is 2.22 bits per heavy atom. The molecular weight excluding hydrogens is 314 g/mol. The molecule has 0 spiro atoms. The number of rotatable bonds is 7. The number of hydrogen-bond donors (Lipinski definition) is 3. The number of halogens is 1. The summed E-state index contributed by atoms with van der Waals surface area (Å²) in [5.41, 5.74) is 1.25. The predicted molar refractivity (Wildman–Crippen MR) is 77.8 cm³/mol. The normalized spacial score (nSPS) is 16.8. The van der Waals surface area contributed by atoms with E-state index < -0.39 is 6.10 Å². The molecule has 0 aliphatic heterocycles. The first-order valence-electron chi connectivity index (χ1n) is 6.12. The van der Waals surface area contributed by atoms with Gasteiger partial charge in [-0.15, -0.1) is 11.8 Å². The Bertz CT molecular complexity index is 399. The van der Waals surface area contributed by atoms with Crippen LogP contribution in [0.25, 0.3) is 0 Å². The Morgan fingerprint density at radius 3 is 2.89 bits per heavy atom. The molecule has 1 atom stereocenters. The maximum Gasteiger partial charge on any atom is 0.0864 e. The Kier molecular flexibility index (Phi) is 5.51. The fourth-order valence-corrected chi connectivity index (χ4v) is 3.12. The molecule has 3 N–H and O–H groups in total. The lowest BCUT2D eigenvalue weighted by atomic mass is 10.2. The van der Waals surface area contributed by atoms with Gasteiger partial charge in [-0.05, 0) is 30.5 Å². The van der Waals surface area contributed by atoms with E-state index >= 15 is 0 Å². The highest BCUT2D eigenvalue weighted by atomic mass is 79.9. The molecule has 0 aromatic heterocycles. The van der Waals surface area contributed by atoms with Crippen LogP contribution in [0.15, 0.2) is 27.6 Å². The predicted octanol–water partition coefficient (Wildman–Crippen LogP) is 2.15. The number of thioether (sulfide) groups is 1. The first-order chi connectivity index (χ1) is 8.69. The Labute approximate surface area is 120 Å². The van der Waals surface area contributed by atoms with Crippen molar-refractivity contribution >= 4 is 27.7 Å². The first kappa shape index (κ1) is 14.3. The lowest BCUT2D eigenvalue weighted by Gasteiger charge is -2.12. The average molecular weight is 332 g/mol. The van der Waals surface area contributed by atoms with E-state index in [9.17, 15) is 5.11 Å². The zero-order valence-corrected chi connectivity index (χ0v) is 12.5. The van der Waals surface area contributed by atoms with Gasteiger partial charge in [0.15, 0.2) is 0 Å². The molecule has 5 heteroatoms. The van der Waals surface area contributed by atoms with Crippen molar-refractivity contribution in [1.29, 1.82) is 0 Å². The number of aliphatic hydroxyl groups excluding tert-OH is 2. The SMILES string of the molecule is OCC(O)CSc1cc(Br)ccc1CNC1CC1. The van der Waals surface area contributed by atoms with E-state index in [0.29, 0.717) is 11.8 Å². The summed E-state index contributed by atoms with van der Waals surface area (Å²) < 4.78 is 1.04. The van der Waals surface area contributed by atoms with Crippen LogP contribution >= 0.6 is 27.7 Å². The van der Waals surface area contributed by atoms with E-state index in [4.69, 9.17) is 5.11 Å². The van der Waals surface area contributed by atoms with E-state index in [1.807, 2.05) is 6.07 Å². The topological polar surface area (TPSA) is 52.5 Å². The second-order valence-corrected chi connectivity index (χ2v) is 6.53. The van der Waals surface area contributed by atoms with Gasteiger partial charge >= 0.3 is 0 Å². The maximum atomic E-state index is 9.41. The van der Waals surface area contributed by atoms with Crippen LogP contribution in [0.5, 0.6) is 0 Å². The number of benzene rings is 1. The Morgan fingerprint density at radius 1 is 1.44 bits per heavy atom. The summed E-state index contributed by atoms with van der Waals surface area (Å²) in [6.45, 7) is 0.687. The quantitative estimate of drug-likeness (QED) is 0.670. The first-order valence-corrected chi connectivity index (χ1v) is 7.90. The van der Waals surface area contributed by atoms with E-state index in [2.05, 4.69) is 33.4 Å². The monoisotopic (exact) mass is 331 g/mol. The summed E-state index contributed by atoms with van der Waals surface area (Å²) in [5.74, 6) is 0.517. The van der Waals surface area contributed by atoms with Gasteiger partial charge in [0.25, 0.3) is 0 Å². The van der Waals surface area contributed by atoms with Crippen molar-refractivity contribution in [2.75, 3.05) is 12.4 Å². The van der Waals surface area contributed by atoms with Gasteiger partial charge in [-0.3, -0.25) is 0 Å². The molecule has 0 bridgehead atoms. The van der Waals surface area contributed by atoms with Crippen LogP contribution in [-0.2, 0) is 6.54 Å². The fraction of sp³-hybridized carbons (Fsp3) is 0.538. The second kappa shape index (κ2) is 6.91. The van der Waals surface area contributed by atoms with Gasteiger partial charge in [-0.25, -0.2) is 0 Å². The molecule has 0 saturated heterocycles. The molecule has 1 unspecified atom stereocenters. The molecule has 1 aliphatic carbocycles. The van der Waals surface area contributed by atoms with Crippen LogP contribution < -0.4 is 5.32 Å². The van der Waals surface area contributed by atoms with Crippen LogP contribution in [0.2, 0.25) is 0 Å². The van der Waals surface area contributed by atoms with Crippen molar-refractivity contribution in [1.82, 2.24) is 5.32 Å². The minimum Gasteiger partial charge on any atom is -0.394 e. The van der Waals surface area contributed by atoms with Crippen molar-refractivity contribution < 1.29 is 10.2 Å². The summed E-state index contributed by atoms with van der Waals surface area (Å²) in [6, 6.07) is 6.90. The summed E-state index contributed by atoms with van der Waals surface area (Å²) in [4.78, 5) is 1.16. The molecule has 1 saturated carbocycles. The smallest absolute Gasteiger partial charge is 0.0864 e. The minimum atomic E-state index is -0.654. The van der Waals surface area contributed by atoms with Gasteiger partial charge < -0.3 is 15.5 Å². The summed E-state index contributed by atoms with van der Waals surface area (Å²) in [6.07, 6.45) is 1.91. The van der Waals surface area contributed by atoms with Crippen LogP contribution in [0.4, 0.5) is 0 Å². The third-order valence-electron chi connectivity index (χ3n) is 2.83. The molecule has 100 valence electrons. The summed E-state index contributed by atoms with van der Waals surface area (Å²) in [5, 5.41) is 21.7. The molecule has 0 amide bonds. The van der Waals surface area contributed by atoms with Gasteiger partial charge in [-0.1, -0.05) is 22.0 Å². The van der Waals surface area contributed by atoms with Gasteiger partial charge in [0, 0.05) is 27.7 Å². The summed E-state index contributed by atoms with van der Waals surface area (Å²) >= 11 is 5.05. The minimum absolute atomic E-state index is 0.184. The molecule has 0 radical (unpaired) electrons. The van der Waals surface area contributed by atoms with Crippen LogP contribution in [0.3, 0.4) is 0 Å². The molecule has 1 aromatic carbocycles. The largest absolute Gasteiger partial charge is 0.394 e. The van der Waals surface area contributed by atoms with Crippen LogP contribution in [-0.4, -0.2) is 34.7 Å². The van der Waals surface area contributed by atoms with Crippen molar-refractivity contribution in [2.45, 2.75) is 36.4 Å². The highest BCUT2D eigenvalue weighted by Crippen LogP contribution is 2.28. The lowest BCUT2D eigenvalue weighted by molar-refractivity contribution is 0.113. The zero-order chi connectivity index (χ0) is 13.0. The number of aliphatic hydroxyl groups is 2. The Balaban J connectivity index is 1.97. The van der Waals surface area contributed by atoms with Crippen molar-refractivity contribution in [3.8, 4) is 0 Å². The van der Waals surface area contributed by atoms with Gasteiger partial charge in [0.2, 0.25) is 0 Å². The molecule has 1 aliphatic rings. The van der Waals surface area contributed by atoms with Crippen molar-refractivity contribution in [2.24, 2.45) is 0 Å². The molecule has 2 rings (SSSR count). The van der Waals surface area contributed by atoms with Crippen molar-refractivity contribution in [3.05, 3.63) is 28.2 Å². The molecule has 1 fully saturated rings. The average Bonchev–Trinajstić information content (AvgIpc) is 3.18. The standard InChI is InChI=1S/C13H18BrNO2S/c14-10-2-1-9(6-15-11-3-4-11)13(5-10)18-8-12(17)7-16/h1-2,5,11-12,15-17H,3-4,6-8H2. The van der Waals surface area contributed by atoms with Gasteiger partial charge in [-0.2, -0.15) is 0 Å². The fourth-order valence-electron chi connectivity index (χ4n) is 1.59. The number of nitrogens with one attached hydrogen (secondary N) is 1. The number of hydrogen-bond acceptors (Lipinski definition) is 4. The second-order valence-electron chi connectivity index (χ2n) is 4.55. The maximum absolute atomic E-state index is 9.41. The highest BCUT2D eigenvalue weighted by molar-refractivity contribution is 9.10. The van der Waals surface area contributed by atoms with Gasteiger partial charge in [0.05, 0.1) is 12.7 Å². The van der Waals surface area contributed by atoms with Crippen molar-refractivity contribution in [3.63, 3.8) is 0 Å². The van der Waals surface area contributed by atoms with E-state index in [1.54, 1.807) is 11.8 Å². The van der Waals surface area contributed by atoms with E-state index in [1.165, 1.54) is 18.4 Å². The Hall–Kier alpha value is -0.0700. The van der Waals surface area contributed by atoms with Crippen LogP contribution in [0.1, 0.15) is 18.4 Å². The third kappa shape index (κ3) is 4.55. The highest BCUT2D eigenvalue weighted by Gasteiger charge is 2.20. The molecule has 0 heterocycles. The molecule has 1 aromatic rings. The molecule has 3 nitrogen and oxygen atoms in total. The van der Waals surface area contributed by atoms with E-state index in [0.717, 1.165) is 15.9 Å². The van der Waals surface area contributed by atoms with E-state index in [-0.39, 0.29) is 6.61 Å². The third-order valence-corrected chi connectivity index (χ3v) is 4.57. The van der Waals surface area contributed by atoms with Gasteiger partial charge in [0.1, 0.15) is 0 Å². The lowest BCUT2D eigenvalue weighted by Crippen LogP contribution is -2.17. The molecule has 18 heavy (non-hydrogen) atoms. The molecular formula is C13H18BrNO2S. The summed E-state index contributed by atoms with van der Waals surface area (Å²) in [7, 11) is 0. The van der Waals surface area contributed by atoms with Crippen LogP contribution in [0, 0.1) is 0 Å². The zero-order valence-electron chi connectivity index (χ0n) is 10.1.